The lowest BCUT2D eigenvalue weighted by Crippen LogP contribution is -2.04. The third kappa shape index (κ3) is 3.83. The summed E-state index contributed by atoms with van der Waals surface area (Å²) in [5.41, 5.74) is 1.31. The van der Waals surface area contributed by atoms with E-state index in [1.807, 2.05) is 12.1 Å². The van der Waals surface area contributed by atoms with Crippen LogP contribution in [0.15, 0.2) is 29.3 Å². The van der Waals surface area contributed by atoms with Gasteiger partial charge in [-0.1, -0.05) is 35.5 Å². The maximum absolute atomic E-state index is 11.2. The third-order valence-electron chi connectivity index (χ3n) is 2.72. The number of nitro groups is 1. The zero-order valence-electron chi connectivity index (χ0n) is 11.5. The number of aromatic nitrogens is 2. The van der Waals surface area contributed by atoms with Crippen LogP contribution in [0.2, 0.25) is 5.02 Å². The molecule has 2 aromatic rings. The minimum Gasteiger partial charge on any atom is -0.357 e. The van der Waals surface area contributed by atoms with Crippen molar-refractivity contribution < 1.29 is 4.92 Å². The molecule has 0 aliphatic rings. The fourth-order valence-corrected chi connectivity index (χ4v) is 2.83. The highest BCUT2D eigenvalue weighted by atomic mass is 35.5. The molecule has 0 saturated carbocycles. The Labute approximate surface area is 131 Å². The number of halogens is 1. The summed E-state index contributed by atoms with van der Waals surface area (Å²) in [4.78, 5) is 19.0. The van der Waals surface area contributed by atoms with Crippen molar-refractivity contribution in [3.05, 3.63) is 50.7 Å². The Bertz CT molecular complexity index is 664. The topological polar surface area (TPSA) is 81.0 Å². The number of anilines is 1. The first-order valence-electron chi connectivity index (χ1n) is 6.09. The molecule has 6 nitrogen and oxygen atoms in total. The molecule has 1 aromatic carbocycles. The number of benzene rings is 1. The van der Waals surface area contributed by atoms with Gasteiger partial charge in [0.1, 0.15) is 5.69 Å². The van der Waals surface area contributed by atoms with Gasteiger partial charge in [0.05, 0.1) is 4.92 Å². The molecular formula is C13H13ClN4O2S. The van der Waals surface area contributed by atoms with Crippen molar-refractivity contribution in [2.24, 2.45) is 0 Å². The molecule has 0 unspecified atom stereocenters. The highest BCUT2D eigenvalue weighted by Crippen LogP contribution is 2.32. The first-order chi connectivity index (χ1) is 10.0. The molecule has 0 radical (unpaired) electrons. The second-order valence-electron chi connectivity index (χ2n) is 4.21. The lowest BCUT2D eigenvalue weighted by Gasteiger charge is -2.07. The number of nitrogens with one attached hydrogen (secondary N) is 1. The van der Waals surface area contributed by atoms with Gasteiger partial charge in [0.2, 0.25) is 5.95 Å². The molecule has 0 amide bonds. The van der Waals surface area contributed by atoms with Gasteiger partial charge in [-0.05, 0) is 24.6 Å². The van der Waals surface area contributed by atoms with E-state index in [0.717, 1.165) is 5.56 Å². The highest BCUT2D eigenvalue weighted by Gasteiger charge is 2.22. The van der Waals surface area contributed by atoms with Gasteiger partial charge in [-0.2, -0.15) is 4.98 Å². The average Bonchev–Trinajstić information content (AvgIpc) is 2.45. The summed E-state index contributed by atoms with van der Waals surface area (Å²) in [6.07, 6.45) is 0. The van der Waals surface area contributed by atoms with Crippen molar-refractivity contribution in [3.8, 4) is 0 Å². The number of rotatable bonds is 5. The van der Waals surface area contributed by atoms with Gasteiger partial charge in [0.25, 0.3) is 0 Å². The summed E-state index contributed by atoms with van der Waals surface area (Å²) in [6.45, 7) is 1.60. The van der Waals surface area contributed by atoms with Crippen molar-refractivity contribution in [1.82, 2.24) is 9.97 Å². The molecule has 2 rings (SSSR count). The normalized spacial score (nSPS) is 10.4. The van der Waals surface area contributed by atoms with Crippen LogP contribution < -0.4 is 5.32 Å². The molecule has 0 fully saturated rings. The summed E-state index contributed by atoms with van der Waals surface area (Å²) in [5.74, 6) is 0.939. The quantitative estimate of drug-likeness (QED) is 0.391. The molecule has 0 atom stereocenters. The van der Waals surface area contributed by atoms with E-state index in [2.05, 4.69) is 15.3 Å². The minimum absolute atomic E-state index is 0.0482. The van der Waals surface area contributed by atoms with Crippen LogP contribution in [-0.2, 0) is 5.75 Å². The second-order valence-corrected chi connectivity index (χ2v) is 5.61. The summed E-state index contributed by atoms with van der Waals surface area (Å²) < 4.78 is 0. The fraction of sp³-hybridized carbons (Fsp3) is 0.231. The number of thioether (sulfide) groups is 1. The summed E-state index contributed by atoms with van der Waals surface area (Å²) >= 11 is 7.13. The minimum atomic E-state index is -0.445. The van der Waals surface area contributed by atoms with Crippen molar-refractivity contribution >= 4 is 35.0 Å². The highest BCUT2D eigenvalue weighted by molar-refractivity contribution is 7.98. The Morgan fingerprint density at radius 1 is 1.33 bits per heavy atom. The lowest BCUT2D eigenvalue weighted by molar-refractivity contribution is -0.389. The van der Waals surface area contributed by atoms with Crippen LogP contribution >= 0.6 is 23.4 Å². The van der Waals surface area contributed by atoms with Gasteiger partial charge >= 0.3 is 5.69 Å². The molecule has 0 spiro atoms. The summed E-state index contributed by atoms with van der Waals surface area (Å²) in [7, 11) is 1.67. The molecule has 21 heavy (non-hydrogen) atoms. The Morgan fingerprint density at radius 3 is 2.57 bits per heavy atom. The Morgan fingerprint density at radius 2 is 2.00 bits per heavy atom. The molecule has 0 aliphatic heterocycles. The number of aryl methyl sites for hydroxylation is 1. The summed E-state index contributed by atoms with van der Waals surface area (Å²) in [5, 5.41) is 15.0. The first kappa shape index (κ1) is 15.5. The van der Waals surface area contributed by atoms with E-state index in [4.69, 9.17) is 11.6 Å². The van der Waals surface area contributed by atoms with E-state index >= 15 is 0 Å². The Hall–Kier alpha value is -1.86. The predicted octanol–water partition coefficient (Wildman–Crippen LogP) is 3.68. The smallest absolute Gasteiger partial charge is 0.322 e. The van der Waals surface area contributed by atoms with Crippen molar-refractivity contribution in [1.29, 1.82) is 0 Å². The van der Waals surface area contributed by atoms with Crippen LogP contribution in [-0.4, -0.2) is 21.9 Å². The summed E-state index contributed by atoms with van der Waals surface area (Å²) in [6, 6.07) is 7.34. The average molecular weight is 325 g/mol. The van der Waals surface area contributed by atoms with E-state index in [1.165, 1.54) is 11.8 Å². The molecule has 8 heteroatoms. The molecule has 1 heterocycles. The van der Waals surface area contributed by atoms with Gasteiger partial charge in [0, 0.05) is 17.8 Å². The van der Waals surface area contributed by atoms with Crippen molar-refractivity contribution in [2.75, 3.05) is 12.4 Å². The van der Waals surface area contributed by atoms with Crippen LogP contribution in [0.5, 0.6) is 0 Å². The van der Waals surface area contributed by atoms with Gasteiger partial charge in [0.15, 0.2) is 5.03 Å². The molecule has 1 N–H and O–H groups in total. The van der Waals surface area contributed by atoms with E-state index in [1.54, 1.807) is 26.1 Å². The zero-order chi connectivity index (χ0) is 15.4. The molecule has 110 valence electrons. The first-order valence-corrected chi connectivity index (χ1v) is 7.45. The number of hydrogen-bond donors (Lipinski definition) is 1. The van der Waals surface area contributed by atoms with Crippen LogP contribution in [0.25, 0.3) is 0 Å². The van der Waals surface area contributed by atoms with Crippen molar-refractivity contribution in [2.45, 2.75) is 17.7 Å². The number of nitrogens with zero attached hydrogens (tertiary/aromatic N) is 3. The molecule has 0 bridgehead atoms. The molecule has 1 aromatic heterocycles. The van der Waals surface area contributed by atoms with Crippen LogP contribution in [0.3, 0.4) is 0 Å². The maximum atomic E-state index is 11.2. The Balaban J connectivity index is 2.27. The van der Waals surface area contributed by atoms with Crippen molar-refractivity contribution in [3.63, 3.8) is 0 Å². The fourth-order valence-electron chi connectivity index (χ4n) is 1.70. The van der Waals surface area contributed by atoms with E-state index < -0.39 is 4.92 Å². The van der Waals surface area contributed by atoms with E-state index in [9.17, 15) is 10.1 Å². The monoisotopic (exact) mass is 324 g/mol. The zero-order valence-corrected chi connectivity index (χ0v) is 13.0. The van der Waals surface area contributed by atoms with Gasteiger partial charge in [-0.3, -0.25) is 10.1 Å². The molecular weight excluding hydrogens is 312 g/mol. The van der Waals surface area contributed by atoms with E-state index in [0.29, 0.717) is 27.4 Å². The standard InChI is InChI=1S/C13H13ClN4O2S/c1-8-11(18(19)20)12(17-13(15-2)16-8)21-7-9-3-5-10(14)6-4-9/h3-6H,7H2,1-2H3,(H,15,16,17). The van der Waals surface area contributed by atoms with Crippen LogP contribution in [0.4, 0.5) is 11.6 Å². The largest absolute Gasteiger partial charge is 0.357 e. The third-order valence-corrected chi connectivity index (χ3v) is 4.01. The second kappa shape index (κ2) is 6.73. The van der Waals surface area contributed by atoms with Crippen LogP contribution in [0, 0.1) is 17.0 Å². The van der Waals surface area contributed by atoms with Gasteiger partial charge in [-0.25, -0.2) is 4.98 Å². The molecule has 0 saturated heterocycles. The van der Waals surface area contributed by atoms with E-state index in [-0.39, 0.29) is 5.69 Å². The predicted molar refractivity (Wildman–Crippen MR) is 84.0 cm³/mol. The van der Waals surface area contributed by atoms with Gasteiger partial charge < -0.3 is 5.32 Å². The maximum Gasteiger partial charge on any atom is 0.322 e. The number of hydrogen-bond acceptors (Lipinski definition) is 6. The Kier molecular flexibility index (Phi) is 4.98. The van der Waals surface area contributed by atoms with Gasteiger partial charge in [-0.15, -0.1) is 0 Å². The lowest BCUT2D eigenvalue weighted by atomic mass is 10.2. The van der Waals surface area contributed by atoms with Crippen LogP contribution in [0.1, 0.15) is 11.3 Å². The molecule has 0 aliphatic carbocycles. The SMILES string of the molecule is CNc1nc(C)c([N+](=O)[O-])c(SCc2ccc(Cl)cc2)n1.